The fourth-order valence-electron chi connectivity index (χ4n) is 2.60. The minimum Gasteiger partial charge on any atom is -0.377 e. The van der Waals surface area contributed by atoms with Crippen molar-refractivity contribution in [2.45, 2.75) is 31.9 Å². The zero-order chi connectivity index (χ0) is 13.9. The highest BCUT2D eigenvalue weighted by Gasteiger charge is 2.23. The number of nitrogens with zero attached hydrogens (tertiary/aromatic N) is 3. The molecule has 3 rings (SSSR count). The molecule has 0 aliphatic carbocycles. The molecule has 2 aromatic rings. The average molecular weight is 268 g/mol. The predicted molar refractivity (Wildman–Crippen MR) is 76.3 cm³/mol. The average Bonchev–Trinajstić information content (AvgIpc) is 3.02. The van der Waals surface area contributed by atoms with Gasteiger partial charge in [0.25, 0.3) is 0 Å². The van der Waals surface area contributed by atoms with Gasteiger partial charge in [-0.15, -0.1) is 10.2 Å². The van der Waals surface area contributed by atoms with Crippen molar-refractivity contribution in [1.82, 2.24) is 10.2 Å². The zero-order valence-corrected chi connectivity index (χ0v) is 11.3. The fraction of sp³-hybridized carbons (Fsp3) is 0.400. The SMILES string of the molecule is CC(Nc1c(C#N)nnc2ccccc12)C1CCCO1. The number of hydrogen-bond donors (Lipinski definition) is 1. The molecule has 102 valence electrons. The number of benzene rings is 1. The van der Waals surface area contributed by atoms with E-state index in [1.807, 2.05) is 24.3 Å². The van der Waals surface area contributed by atoms with E-state index in [1.165, 1.54) is 0 Å². The molecular formula is C15H16N4O. The summed E-state index contributed by atoms with van der Waals surface area (Å²) < 4.78 is 5.69. The Morgan fingerprint density at radius 2 is 2.25 bits per heavy atom. The maximum Gasteiger partial charge on any atom is 0.186 e. The summed E-state index contributed by atoms with van der Waals surface area (Å²) in [5.74, 6) is 0. The molecule has 1 fully saturated rings. The number of nitriles is 1. The van der Waals surface area contributed by atoms with E-state index in [-0.39, 0.29) is 12.1 Å². The van der Waals surface area contributed by atoms with Crippen molar-refractivity contribution in [1.29, 1.82) is 5.26 Å². The molecule has 1 aliphatic rings. The Morgan fingerprint density at radius 3 is 3.00 bits per heavy atom. The molecule has 0 spiro atoms. The van der Waals surface area contributed by atoms with E-state index in [1.54, 1.807) is 0 Å². The van der Waals surface area contributed by atoms with Gasteiger partial charge in [-0.3, -0.25) is 0 Å². The van der Waals surface area contributed by atoms with E-state index in [4.69, 9.17) is 4.74 Å². The van der Waals surface area contributed by atoms with E-state index < -0.39 is 0 Å². The van der Waals surface area contributed by atoms with Gasteiger partial charge in [-0.2, -0.15) is 5.26 Å². The van der Waals surface area contributed by atoms with E-state index >= 15 is 0 Å². The topological polar surface area (TPSA) is 70.8 Å². The summed E-state index contributed by atoms with van der Waals surface area (Å²) in [5, 5.41) is 21.6. The lowest BCUT2D eigenvalue weighted by atomic mass is 10.1. The quantitative estimate of drug-likeness (QED) is 0.926. The van der Waals surface area contributed by atoms with Crippen LogP contribution in [0.5, 0.6) is 0 Å². The second kappa shape index (κ2) is 5.43. The first-order valence-electron chi connectivity index (χ1n) is 6.83. The molecule has 0 bridgehead atoms. The van der Waals surface area contributed by atoms with Crippen molar-refractivity contribution in [2.75, 3.05) is 11.9 Å². The standard InChI is InChI=1S/C15H16N4O/c1-10(14-7-4-8-20-14)17-15-11-5-2-3-6-12(11)18-19-13(15)9-16/h2-3,5-6,10,14H,4,7-8H2,1H3,(H,17,18). The summed E-state index contributed by atoms with van der Waals surface area (Å²) in [6, 6.07) is 9.94. The molecule has 0 saturated carbocycles. The van der Waals surface area contributed by atoms with Gasteiger partial charge in [0.05, 0.1) is 17.3 Å². The fourth-order valence-corrected chi connectivity index (χ4v) is 2.60. The minimum absolute atomic E-state index is 0.136. The van der Waals surface area contributed by atoms with E-state index in [9.17, 15) is 5.26 Å². The first kappa shape index (κ1) is 12.8. The molecule has 20 heavy (non-hydrogen) atoms. The van der Waals surface area contributed by atoms with Gasteiger partial charge in [0.1, 0.15) is 6.07 Å². The van der Waals surface area contributed by atoms with Gasteiger partial charge in [0.15, 0.2) is 5.69 Å². The molecule has 5 nitrogen and oxygen atoms in total. The predicted octanol–water partition coefficient (Wildman–Crippen LogP) is 2.48. The Morgan fingerprint density at radius 1 is 1.40 bits per heavy atom. The summed E-state index contributed by atoms with van der Waals surface area (Å²) in [4.78, 5) is 0. The Hall–Kier alpha value is -2.19. The summed E-state index contributed by atoms with van der Waals surface area (Å²) >= 11 is 0. The molecule has 1 N–H and O–H groups in total. The van der Waals surface area contributed by atoms with E-state index in [0.29, 0.717) is 5.69 Å². The first-order chi connectivity index (χ1) is 9.79. The van der Waals surface area contributed by atoms with Gasteiger partial charge >= 0.3 is 0 Å². The number of aromatic nitrogens is 2. The zero-order valence-electron chi connectivity index (χ0n) is 11.3. The van der Waals surface area contributed by atoms with Crippen LogP contribution in [0.4, 0.5) is 5.69 Å². The Labute approximate surface area is 117 Å². The molecule has 1 aromatic carbocycles. The number of ether oxygens (including phenoxy) is 1. The highest BCUT2D eigenvalue weighted by molar-refractivity contribution is 5.92. The highest BCUT2D eigenvalue weighted by atomic mass is 16.5. The van der Waals surface area contributed by atoms with Crippen molar-refractivity contribution in [2.24, 2.45) is 0 Å². The first-order valence-corrected chi connectivity index (χ1v) is 6.83. The van der Waals surface area contributed by atoms with Crippen LogP contribution in [0.25, 0.3) is 10.9 Å². The molecule has 5 heteroatoms. The van der Waals surface area contributed by atoms with Crippen LogP contribution in [0.2, 0.25) is 0 Å². The maximum absolute atomic E-state index is 9.23. The van der Waals surface area contributed by atoms with Crippen molar-refractivity contribution in [3.8, 4) is 6.07 Å². The minimum atomic E-state index is 0.136. The van der Waals surface area contributed by atoms with E-state index in [2.05, 4.69) is 28.5 Å². The van der Waals surface area contributed by atoms with Gasteiger partial charge in [-0.05, 0) is 25.8 Å². The number of anilines is 1. The monoisotopic (exact) mass is 268 g/mol. The summed E-state index contributed by atoms with van der Waals surface area (Å²) in [7, 11) is 0. The Kier molecular flexibility index (Phi) is 3.48. The summed E-state index contributed by atoms with van der Waals surface area (Å²) in [6.45, 7) is 2.89. The van der Waals surface area contributed by atoms with Crippen molar-refractivity contribution in [3.63, 3.8) is 0 Å². The van der Waals surface area contributed by atoms with Gasteiger partial charge in [0, 0.05) is 18.0 Å². The number of nitrogens with one attached hydrogen (secondary N) is 1. The molecule has 2 heterocycles. The third-order valence-electron chi connectivity index (χ3n) is 3.67. The largest absolute Gasteiger partial charge is 0.377 e. The van der Waals surface area contributed by atoms with Gasteiger partial charge in [-0.25, -0.2) is 0 Å². The lowest BCUT2D eigenvalue weighted by Crippen LogP contribution is -2.30. The van der Waals surface area contributed by atoms with Crippen molar-refractivity contribution in [3.05, 3.63) is 30.0 Å². The molecule has 2 unspecified atom stereocenters. The highest BCUT2D eigenvalue weighted by Crippen LogP contribution is 2.26. The molecule has 2 atom stereocenters. The third-order valence-corrected chi connectivity index (χ3v) is 3.67. The second-order valence-corrected chi connectivity index (χ2v) is 5.04. The summed E-state index contributed by atoms with van der Waals surface area (Å²) in [6.07, 6.45) is 2.33. The number of fused-ring (bicyclic) bond motifs is 1. The van der Waals surface area contributed by atoms with Gasteiger partial charge in [-0.1, -0.05) is 18.2 Å². The van der Waals surface area contributed by atoms with Crippen LogP contribution in [-0.4, -0.2) is 29.0 Å². The van der Waals surface area contributed by atoms with Crippen molar-refractivity contribution < 1.29 is 4.74 Å². The van der Waals surface area contributed by atoms with Crippen LogP contribution < -0.4 is 5.32 Å². The summed E-state index contributed by atoms with van der Waals surface area (Å²) in [5.41, 5.74) is 1.86. The molecular weight excluding hydrogens is 252 g/mol. The van der Waals surface area contributed by atoms with Crippen LogP contribution in [0, 0.1) is 11.3 Å². The maximum atomic E-state index is 9.23. The van der Waals surface area contributed by atoms with Crippen LogP contribution in [0.15, 0.2) is 24.3 Å². The van der Waals surface area contributed by atoms with Crippen LogP contribution in [0.1, 0.15) is 25.5 Å². The lowest BCUT2D eigenvalue weighted by molar-refractivity contribution is 0.0997. The van der Waals surface area contributed by atoms with Crippen LogP contribution >= 0.6 is 0 Å². The van der Waals surface area contributed by atoms with Gasteiger partial charge in [0.2, 0.25) is 0 Å². The van der Waals surface area contributed by atoms with Crippen LogP contribution in [0.3, 0.4) is 0 Å². The second-order valence-electron chi connectivity index (χ2n) is 5.04. The Bertz CT molecular complexity index is 658. The number of rotatable bonds is 3. The number of hydrogen-bond acceptors (Lipinski definition) is 5. The normalized spacial score (nSPS) is 19.7. The van der Waals surface area contributed by atoms with Crippen molar-refractivity contribution >= 4 is 16.6 Å². The van der Waals surface area contributed by atoms with Gasteiger partial charge < -0.3 is 10.1 Å². The molecule has 0 amide bonds. The molecule has 1 saturated heterocycles. The Balaban J connectivity index is 1.98. The molecule has 0 radical (unpaired) electrons. The molecule has 1 aromatic heterocycles. The van der Waals surface area contributed by atoms with E-state index in [0.717, 1.165) is 36.0 Å². The third kappa shape index (κ3) is 2.30. The van der Waals surface area contributed by atoms with Crippen LogP contribution in [-0.2, 0) is 4.74 Å². The smallest absolute Gasteiger partial charge is 0.186 e. The lowest BCUT2D eigenvalue weighted by Gasteiger charge is -2.22. The molecule has 1 aliphatic heterocycles.